The summed E-state index contributed by atoms with van der Waals surface area (Å²) in [4.78, 5) is 36.7. The van der Waals surface area contributed by atoms with E-state index in [1.54, 1.807) is 6.21 Å². The van der Waals surface area contributed by atoms with E-state index < -0.39 is 11.2 Å². The molecule has 1 amide bonds. The van der Waals surface area contributed by atoms with Crippen LogP contribution in [0.3, 0.4) is 0 Å². The lowest BCUT2D eigenvalue weighted by Gasteiger charge is -1.98. The van der Waals surface area contributed by atoms with Crippen LogP contribution in [0.4, 0.5) is 0 Å². The molecule has 0 bridgehead atoms. The maximum absolute atomic E-state index is 11.6. The maximum Gasteiger partial charge on any atom is 0.342 e. The van der Waals surface area contributed by atoms with Gasteiger partial charge in [-0.3, -0.25) is 14.6 Å². The summed E-state index contributed by atoms with van der Waals surface area (Å²) in [5.41, 5.74) is 2.11. The van der Waals surface area contributed by atoms with E-state index in [1.807, 2.05) is 23.4 Å². The maximum atomic E-state index is 11.6. The Balaban J connectivity index is 1.85. The number of carbonyl (C=O) groups excluding carboxylic acids is 1. The molecule has 0 aliphatic carbocycles. The first-order chi connectivity index (χ1) is 10.1. The topological polar surface area (TPSA) is 120 Å². The van der Waals surface area contributed by atoms with Crippen molar-refractivity contribution in [2.75, 3.05) is 5.75 Å². The molecule has 3 N–H and O–H groups in total. The average Bonchev–Trinajstić information content (AvgIpc) is 2.83. The average molecular weight is 325 g/mol. The van der Waals surface area contributed by atoms with Gasteiger partial charge < -0.3 is 0 Å². The van der Waals surface area contributed by atoms with Crippen molar-refractivity contribution in [1.82, 2.24) is 20.6 Å². The first kappa shape index (κ1) is 15.2. The molecule has 0 aromatic carbocycles. The molecule has 8 nitrogen and oxygen atoms in total. The lowest BCUT2D eigenvalue weighted by molar-refractivity contribution is -0.118. The van der Waals surface area contributed by atoms with Crippen LogP contribution >= 0.6 is 23.1 Å². The van der Waals surface area contributed by atoms with Gasteiger partial charge >= 0.3 is 5.69 Å². The van der Waals surface area contributed by atoms with Crippen LogP contribution in [0.5, 0.6) is 0 Å². The number of H-pyrrole nitrogens is 2. The number of hydrazone groups is 1. The zero-order chi connectivity index (χ0) is 15.2. The van der Waals surface area contributed by atoms with Gasteiger partial charge in [0, 0.05) is 4.88 Å². The van der Waals surface area contributed by atoms with Gasteiger partial charge in [0.1, 0.15) is 0 Å². The largest absolute Gasteiger partial charge is 0.342 e. The number of rotatable bonds is 5. The van der Waals surface area contributed by atoms with E-state index in [0.29, 0.717) is 0 Å². The van der Waals surface area contributed by atoms with Crippen LogP contribution in [-0.4, -0.2) is 33.1 Å². The minimum atomic E-state index is -0.690. The summed E-state index contributed by atoms with van der Waals surface area (Å²) in [6, 6.07) is 1.96. The summed E-state index contributed by atoms with van der Waals surface area (Å²) >= 11 is 2.43. The molecule has 0 saturated carbocycles. The first-order valence-electron chi connectivity index (χ1n) is 5.74. The fraction of sp³-hybridized carbons (Fsp3) is 0.182. The predicted octanol–water partition coefficient (Wildman–Crippen LogP) is 0.0705. The molecule has 0 atom stereocenters. The fourth-order valence-electron chi connectivity index (χ4n) is 1.28. The Kier molecular flexibility index (Phi) is 5.06. The normalized spacial score (nSPS) is 10.9. The molecule has 2 aromatic rings. The lowest BCUT2D eigenvalue weighted by Crippen LogP contribution is -2.26. The van der Waals surface area contributed by atoms with Crippen molar-refractivity contribution in [3.63, 3.8) is 0 Å². The van der Waals surface area contributed by atoms with Crippen molar-refractivity contribution < 1.29 is 4.79 Å². The number of hydrogen-bond acceptors (Lipinski definition) is 7. The highest BCUT2D eigenvalue weighted by atomic mass is 32.2. The summed E-state index contributed by atoms with van der Waals surface area (Å²) in [7, 11) is 0. The Hall–Kier alpha value is -2.20. The van der Waals surface area contributed by atoms with Crippen LogP contribution in [0.2, 0.25) is 0 Å². The van der Waals surface area contributed by atoms with Crippen molar-refractivity contribution in [2.45, 2.75) is 11.9 Å². The second-order valence-corrected chi connectivity index (χ2v) is 5.77. The van der Waals surface area contributed by atoms with E-state index in [1.165, 1.54) is 11.3 Å². The van der Waals surface area contributed by atoms with E-state index in [-0.39, 0.29) is 16.7 Å². The number of nitrogens with one attached hydrogen (secondary N) is 3. The minimum absolute atomic E-state index is 0.0165. The summed E-state index contributed by atoms with van der Waals surface area (Å²) in [6.07, 6.45) is 1.56. The van der Waals surface area contributed by atoms with Gasteiger partial charge in [-0.05, 0) is 23.9 Å². The number of amides is 1. The Morgan fingerprint density at radius 2 is 2.38 bits per heavy atom. The Labute approximate surface area is 126 Å². The number of carbonyl (C=O) groups is 1. The molecule has 0 aliphatic heterocycles. The number of thioether (sulfide) groups is 1. The van der Waals surface area contributed by atoms with Crippen molar-refractivity contribution in [1.29, 1.82) is 0 Å². The smallest absolute Gasteiger partial charge is 0.272 e. The van der Waals surface area contributed by atoms with E-state index in [9.17, 15) is 14.4 Å². The monoisotopic (exact) mass is 325 g/mol. The van der Waals surface area contributed by atoms with Gasteiger partial charge in [-0.25, -0.2) is 15.3 Å². The molecule has 110 valence electrons. The van der Waals surface area contributed by atoms with Gasteiger partial charge in [0.15, 0.2) is 5.03 Å². The van der Waals surface area contributed by atoms with Crippen LogP contribution in [0.25, 0.3) is 0 Å². The highest BCUT2D eigenvalue weighted by Crippen LogP contribution is 2.12. The minimum Gasteiger partial charge on any atom is -0.272 e. The SMILES string of the molecule is Cc1ccsc1/C=N/NC(=O)CSc1n[nH]c(=O)[nH]c1=O. The molecule has 2 heterocycles. The summed E-state index contributed by atoms with van der Waals surface area (Å²) in [6.45, 7) is 1.95. The molecule has 0 spiro atoms. The Bertz CT molecular complexity index is 776. The summed E-state index contributed by atoms with van der Waals surface area (Å²) in [5, 5.41) is 11.4. The van der Waals surface area contributed by atoms with Gasteiger partial charge in [-0.1, -0.05) is 11.8 Å². The molecule has 0 saturated heterocycles. The van der Waals surface area contributed by atoms with Gasteiger partial charge in [0.25, 0.3) is 5.56 Å². The third-order valence-electron chi connectivity index (χ3n) is 2.29. The van der Waals surface area contributed by atoms with E-state index in [4.69, 9.17) is 0 Å². The third-order valence-corrected chi connectivity index (χ3v) is 4.20. The van der Waals surface area contributed by atoms with Crippen molar-refractivity contribution in [2.24, 2.45) is 5.10 Å². The summed E-state index contributed by atoms with van der Waals surface area (Å²) < 4.78 is 0. The van der Waals surface area contributed by atoms with Crippen LogP contribution in [-0.2, 0) is 4.79 Å². The van der Waals surface area contributed by atoms with Crippen LogP contribution in [0, 0.1) is 6.92 Å². The molecule has 0 fully saturated rings. The van der Waals surface area contributed by atoms with Crippen molar-refractivity contribution >= 4 is 35.2 Å². The molecule has 0 unspecified atom stereocenters. The Morgan fingerprint density at radius 1 is 1.57 bits per heavy atom. The van der Waals surface area contributed by atoms with Crippen LogP contribution in [0.15, 0.2) is 31.2 Å². The fourth-order valence-corrected chi connectivity index (χ4v) is 2.69. The first-order valence-corrected chi connectivity index (χ1v) is 7.60. The van der Waals surface area contributed by atoms with E-state index >= 15 is 0 Å². The molecule has 0 aliphatic rings. The molecule has 10 heteroatoms. The second kappa shape index (κ2) is 6.99. The highest BCUT2D eigenvalue weighted by Gasteiger charge is 2.07. The molecular formula is C11H11N5O3S2. The van der Waals surface area contributed by atoms with Gasteiger partial charge in [-0.15, -0.1) is 11.3 Å². The second-order valence-electron chi connectivity index (χ2n) is 3.86. The molecule has 0 radical (unpaired) electrons. The van der Waals surface area contributed by atoms with E-state index in [2.05, 4.69) is 20.7 Å². The number of aryl methyl sites for hydroxylation is 1. The molecular weight excluding hydrogens is 314 g/mol. The number of hydrogen-bond donors (Lipinski definition) is 3. The number of aromatic amines is 2. The van der Waals surface area contributed by atoms with Gasteiger partial charge in [0.05, 0.1) is 12.0 Å². The predicted molar refractivity (Wildman–Crippen MR) is 81.0 cm³/mol. The lowest BCUT2D eigenvalue weighted by atomic mass is 10.3. The zero-order valence-electron chi connectivity index (χ0n) is 10.9. The number of nitrogens with zero attached hydrogens (tertiary/aromatic N) is 2. The van der Waals surface area contributed by atoms with Crippen LogP contribution in [0.1, 0.15) is 10.4 Å². The quantitative estimate of drug-likeness (QED) is 0.408. The van der Waals surface area contributed by atoms with Gasteiger partial charge in [-0.2, -0.15) is 10.2 Å². The zero-order valence-corrected chi connectivity index (χ0v) is 12.5. The molecule has 2 aromatic heterocycles. The standard InChI is InChI=1S/C11H11N5O3S2/c1-6-2-3-20-7(6)4-12-14-8(17)5-21-10-9(18)13-11(19)16-15-10/h2-4H,5H2,1H3,(H,14,17)(H2,13,16,18,19)/b12-4+. The van der Waals surface area contributed by atoms with Gasteiger partial charge in [0.2, 0.25) is 5.91 Å². The third kappa shape index (κ3) is 4.39. The van der Waals surface area contributed by atoms with Crippen molar-refractivity contribution in [3.8, 4) is 0 Å². The molecule has 2 rings (SSSR count). The number of thiophene rings is 1. The number of aromatic nitrogens is 3. The van der Waals surface area contributed by atoms with E-state index in [0.717, 1.165) is 22.2 Å². The highest BCUT2D eigenvalue weighted by molar-refractivity contribution is 7.99. The van der Waals surface area contributed by atoms with Crippen LogP contribution < -0.4 is 16.7 Å². The summed E-state index contributed by atoms with van der Waals surface area (Å²) in [5.74, 6) is -0.416. The Morgan fingerprint density at radius 3 is 3.05 bits per heavy atom. The van der Waals surface area contributed by atoms with Crippen molar-refractivity contribution in [3.05, 3.63) is 42.7 Å². The molecule has 21 heavy (non-hydrogen) atoms.